The molecule has 0 bridgehead atoms. The van der Waals surface area contributed by atoms with Crippen molar-refractivity contribution < 1.29 is 9.31 Å². The molecule has 0 amide bonds. The molecule has 190 valence electrons. The molecule has 2 heterocycles. The summed E-state index contributed by atoms with van der Waals surface area (Å²) in [4.78, 5) is 4.37. The normalized spacial score (nSPS) is 16.4. The van der Waals surface area contributed by atoms with Gasteiger partial charge < -0.3 is 9.31 Å². The van der Waals surface area contributed by atoms with Crippen LogP contribution in [0.4, 0.5) is 0 Å². The number of pyridine rings is 1. The first-order valence-electron chi connectivity index (χ1n) is 13.6. The molecule has 0 unspecified atom stereocenters. The van der Waals surface area contributed by atoms with Gasteiger partial charge in [0.2, 0.25) is 0 Å². The van der Waals surface area contributed by atoms with Crippen LogP contribution in [0.25, 0.3) is 54.6 Å². The van der Waals surface area contributed by atoms with Gasteiger partial charge in [-0.3, -0.25) is 4.98 Å². The van der Waals surface area contributed by atoms with Gasteiger partial charge in [-0.25, -0.2) is 0 Å². The van der Waals surface area contributed by atoms with Gasteiger partial charge in [0.1, 0.15) is 0 Å². The Balaban J connectivity index is 1.55. The van der Waals surface area contributed by atoms with Crippen LogP contribution in [0.15, 0.2) is 109 Å². The lowest BCUT2D eigenvalue weighted by Crippen LogP contribution is -2.41. The van der Waals surface area contributed by atoms with E-state index in [1.54, 1.807) is 0 Å². The molecule has 0 atom stereocenters. The number of benzene rings is 5. The Bertz CT molecular complexity index is 1800. The van der Waals surface area contributed by atoms with Crippen LogP contribution in [0.5, 0.6) is 0 Å². The van der Waals surface area contributed by atoms with Gasteiger partial charge in [-0.15, -0.1) is 0 Å². The molecule has 7 rings (SSSR count). The van der Waals surface area contributed by atoms with Crippen molar-refractivity contribution in [1.82, 2.24) is 4.98 Å². The highest BCUT2D eigenvalue weighted by molar-refractivity contribution is 6.69. The van der Waals surface area contributed by atoms with Crippen molar-refractivity contribution in [3.05, 3.63) is 109 Å². The molecule has 1 aliphatic rings. The van der Waals surface area contributed by atoms with E-state index in [-0.39, 0.29) is 0 Å². The van der Waals surface area contributed by atoms with Crippen LogP contribution in [0.1, 0.15) is 27.7 Å². The van der Waals surface area contributed by atoms with Gasteiger partial charge in [0.05, 0.1) is 11.2 Å². The van der Waals surface area contributed by atoms with Gasteiger partial charge in [-0.2, -0.15) is 0 Å². The molecule has 1 fully saturated rings. The van der Waals surface area contributed by atoms with Crippen LogP contribution >= 0.6 is 0 Å². The fourth-order valence-electron chi connectivity index (χ4n) is 5.96. The van der Waals surface area contributed by atoms with E-state index in [4.69, 9.17) is 9.31 Å². The number of hydrogen-bond donors (Lipinski definition) is 0. The Morgan fingerprint density at radius 2 is 1.03 bits per heavy atom. The summed E-state index contributed by atoms with van der Waals surface area (Å²) in [6.45, 7) is 8.45. The smallest absolute Gasteiger partial charge is 0.399 e. The average molecular weight is 507 g/mol. The SMILES string of the molecule is CC1(C)OB(c2c3ccccc3c(-c3ccc(-c4cccnc4)c4ccccc34)c3ccccc23)OC1(C)C. The van der Waals surface area contributed by atoms with Crippen molar-refractivity contribution in [2.45, 2.75) is 38.9 Å². The second-order valence-corrected chi connectivity index (χ2v) is 11.4. The first kappa shape index (κ1) is 24.1. The fraction of sp³-hybridized carbons (Fsp3) is 0.171. The van der Waals surface area contributed by atoms with Crippen LogP contribution in [-0.4, -0.2) is 23.3 Å². The monoisotopic (exact) mass is 507 g/mol. The molecule has 0 N–H and O–H groups in total. The summed E-state index contributed by atoms with van der Waals surface area (Å²) in [7, 11) is -0.455. The molecule has 5 aromatic carbocycles. The molecular weight excluding hydrogens is 477 g/mol. The maximum Gasteiger partial charge on any atom is 0.496 e. The second-order valence-electron chi connectivity index (χ2n) is 11.4. The lowest BCUT2D eigenvalue weighted by Gasteiger charge is -2.32. The van der Waals surface area contributed by atoms with Crippen molar-refractivity contribution in [2.75, 3.05) is 0 Å². The van der Waals surface area contributed by atoms with E-state index in [1.807, 2.05) is 18.5 Å². The van der Waals surface area contributed by atoms with Crippen molar-refractivity contribution in [1.29, 1.82) is 0 Å². The maximum atomic E-state index is 6.62. The molecule has 1 aromatic heterocycles. The molecule has 1 saturated heterocycles. The summed E-state index contributed by atoms with van der Waals surface area (Å²) >= 11 is 0. The zero-order valence-corrected chi connectivity index (χ0v) is 22.7. The summed E-state index contributed by atoms with van der Waals surface area (Å²) in [5.74, 6) is 0. The number of fused-ring (bicyclic) bond motifs is 3. The third-order valence-corrected chi connectivity index (χ3v) is 8.63. The highest BCUT2D eigenvalue weighted by Gasteiger charge is 2.52. The minimum atomic E-state index is -0.455. The van der Waals surface area contributed by atoms with Gasteiger partial charge in [-0.05, 0) is 88.2 Å². The Morgan fingerprint density at radius 1 is 0.538 bits per heavy atom. The van der Waals surface area contributed by atoms with E-state index in [1.165, 1.54) is 38.2 Å². The van der Waals surface area contributed by atoms with Crippen LogP contribution in [0.3, 0.4) is 0 Å². The predicted molar refractivity (Wildman–Crippen MR) is 163 cm³/mol. The Labute approximate surface area is 229 Å². The summed E-state index contributed by atoms with van der Waals surface area (Å²) in [6.07, 6.45) is 3.76. The van der Waals surface area contributed by atoms with E-state index in [0.717, 1.165) is 21.8 Å². The Hall–Kier alpha value is -3.99. The average Bonchev–Trinajstić information content (AvgIpc) is 3.17. The maximum absolute atomic E-state index is 6.62. The molecule has 1 aliphatic heterocycles. The van der Waals surface area contributed by atoms with Gasteiger partial charge in [0.25, 0.3) is 0 Å². The zero-order valence-electron chi connectivity index (χ0n) is 22.7. The van der Waals surface area contributed by atoms with E-state index in [9.17, 15) is 0 Å². The molecule has 6 aromatic rings. The molecule has 0 radical (unpaired) electrons. The van der Waals surface area contributed by atoms with Crippen LogP contribution in [0, 0.1) is 0 Å². The summed E-state index contributed by atoms with van der Waals surface area (Å²) in [5, 5.41) is 7.14. The van der Waals surface area contributed by atoms with Gasteiger partial charge >= 0.3 is 7.12 Å². The van der Waals surface area contributed by atoms with Gasteiger partial charge in [0.15, 0.2) is 0 Å². The van der Waals surface area contributed by atoms with Gasteiger partial charge in [-0.1, -0.05) is 91.0 Å². The highest BCUT2D eigenvalue weighted by atomic mass is 16.7. The molecule has 0 saturated carbocycles. The lowest BCUT2D eigenvalue weighted by molar-refractivity contribution is 0.00578. The molecule has 0 spiro atoms. The van der Waals surface area contributed by atoms with Crippen LogP contribution in [-0.2, 0) is 9.31 Å². The summed E-state index contributed by atoms with van der Waals surface area (Å²) in [5.41, 5.74) is 5.01. The van der Waals surface area contributed by atoms with E-state index < -0.39 is 18.3 Å². The van der Waals surface area contributed by atoms with Crippen molar-refractivity contribution >= 4 is 44.9 Å². The van der Waals surface area contributed by atoms with Crippen molar-refractivity contribution in [3.63, 3.8) is 0 Å². The minimum Gasteiger partial charge on any atom is -0.399 e. The number of aromatic nitrogens is 1. The summed E-state index contributed by atoms with van der Waals surface area (Å²) in [6, 6.07) is 34.7. The van der Waals surface area contributed by atoms with E-state index >= 15 is 0 Å². The fourth-order valence-corrected chi connectivity index (χ4v) is 5.96. The van der Waals surface area contributed by atoms with Crippen LogP contribution < -0.4 is 5.46 Å². The zero-order chi connectivity index (χ0) is 26.8. The predicted octanol–water partition coefficient (Wildman–Crippen LogP) is 8.17. The molecule has 39 heavy (non-hydrogen) atoms. The Morgan fingerprint density at radius 3 is 1.56 bits per heavy atom. The third kappa shape index (κ3) is 3.70. The molecule has 0 aliphatic carbocycles. The quantitative estimate of drug-likeness (QED) is 0.179. The van der Waals surface area contributed by atoms with Gasteiger partial charge in [0, 0.05) is 18.0 Å². The van der Waals surface area contributed by atoms with Crippen molar-refractivity contribution in [3.8, 4) is 22.3 Å². The first-order valence-corrected chi connectivity index (χ1v) is 13.6. The standard InChI is InChI=1S/C35H30BNO2/c1-34(2)35(3,4)39-36(38-34)33-30-17-9-7-15-27(30)32(28-16-8-10-18-31(28)33)29-20-19-24(23-12-11-21-37-22-23)25-13-5-6-14-26(25)29/h5-22H,1-4H3. The topological polar surface area (TPSA) is 31.4 Å². The highest BCUT2D eigenvalue weighted by Crippen LogP contribution is 2.43. The molecular formula is C35H30BNO2. The summed E-state index contributed by atoms with van der Waals surface area (Å²) < 4.78 is 13.2. The third-order valence-electron chi connectivity index (χ3n) is 8.63. The second kappa shape index (κ2) is 8.77. The van der Waals surface area contributed by atoms with E-state index in [0.29, 0.717) is 0 Å². The van der Waals surface area contributed by atoms with Crippen LogP contribution in [0.2, 0.25) is 0 Å². The number of rotatable bonds is 3. The van der Waals surface area contributed by atoms with Crippen molar-refractivity contribution in [2.24, 2.45) is 0 Å². The lowest BCUT2D eigenvalue weighted by atomic mass is 9.71. The minimum absolute atomic E-state index is 0.420. The largest absolute Gasteiger partial charge is 0.496 e. The molecule has 4 heteroatoms. The Kier molecular flexibility index (Phi) is 5.42. The number of nitrogens with zero attached hydrogens (tertiary/aromatic N) is 1. The molecule has 3 nitrogen and oxygen atoms in total. The first-order chi connectivity index (χ1) is 18.9. The van der Waals surface area contributed by atoms with E-state index in [2.05, 4.69) is 124 Å². The number of hydrogen-bond acceptors (Lipinski definition) is 3.